The van der Waals surface area contributed by atoms with Crippen LogP contribution in [-0.2, 0) is 22.1 Å². The summed E-state index contributed by atoms with van der Waals surface area (Å²) in [6.07, 6.45) is -5.19. The van der Waals surface area contributed by atoms with Crippen LogP contribution in [0.3, 0.4) is 0 Å². The fourth-order valence-corrected chi connectivity index (χ4v) is 2.57. The van der Waals surface area contributed by atoms with Gasteiger partial charge >= 0.3 is 18.2 Å². The average molecular weight is 409 g/mol. The number of hydrogen-bond donors (Lipinski definition) is 2. The summed E-state index contributed by atoms with van der Waals surface area (Å²) >= 11 is 0. The highest BCUT2D eigenvalue weighted by atomic mass is 19.4. The van der Waals surface area contributed by atoms with Gasteiger partial charge in [-0.15, -0.1) is 0 Å². The standard InChI is InChI=1S/C21H22F3NO4/c1-20(2,3)29-19(28)25-17(18(26)27)12-13-4-6-14(7-5-13)15-8-10-16(11-9-15)21(22,23)24/h4-11,17H,12H2,1-3H3,(H,25,28)(H,26,27)/t17-/m0/s1. The van der Waals surface area contributed by atoms with Gasteiger partial charge in [-0.3, -0.25) is 0 Å². The molecule has 0 spiro atoms. The number of aliphatic carboxylic acids is 1. The molecule has 2 aromatic carbocycles. The molecule has 0 aromatic heterocycles. The molecule has 5 nitrogen and oxygen atoms in total. The van der Waals surface area contributed by atoms with Crippen molar-refractivity contribution in [1.82, 2.24) is 5.32 Å². The zero-order chi connectivity index (χ0) is 21.8. The van der Waals surface area contributed by atoms with Crippen molar-refractivity contribution in [2.24, 2.45) is 0 Å². The number of alkyl carbamates (subject to hydrolysis) is 1. The lowest BCUT2D eigenvalue weighted by Crippen LogP contribution is -2.44. The van der Waals surface area contributed by atoms with Gasteiger partial charge in [0.2, 0.25) is 0 Å². The Kier molecular flexibility index (Phi) is 6.56. The molecule has 29 heavy (non-hydrogen) atoms. The molecular weight excluding hydrogens is 387 g/mol. The van der Waals surface area contributed by atoms with E-state index >= 15 is 0 Å². The predicted octanol–water partition coefficient (Wildman–Crippen LogP) is 4.89. The molecule has 0 aliphatic rings. The second-order valence-electron chi connectivity index (χ2n) is 7.51. The average Bonchev–Trinajstić information content (AvgIpc) is 2.59. The van der Waals surface area contributed by atoms with Crippen LogP contribution < -0.4 is 5.32 Å². The minimum atomic E-state index is -4.39. The van der Waals surface area contributed by atoms with E-state index in [9.17, 15) is 27.9 Å². The number of hydrogen-bond acceptors (Lipinski definition) is 3. The van der Waals surface area contributed by atoms with E-state index in [-0.39, 0.29) is 6.42 Å². The molecule has 0 saturated carbocycles. The molecule has 0 saturated heterocycles. The smallest absolute Gasteiger partial charge is 0.416 e. The number of nitrogens with one attached hydrogen (secondary N) is 1. The number of benzene rings is 2. The third-order valence-electron chi connectivity index (χ3n) is 3.93. The number of carboxylic acid groups (broad SMARTS) is 1. The van der Waals surface area contributed by atoms with Gasteiger partial charge in [0.25, 0.3) is 0 Å². The van der Waals surface area contributed by atoms with Crippen LogP contribution in [0.4, 0.5) is 18.0 Å². The van der Waals surface area contributed by atoms with Gasteiger partial charge in [-0.25, -0.2) is 9.59 Å². The quantitative estimate of drug-likeness (QED) is 0.737. The largest absolute Gasteiger partial charge is 0.480 e. The van der Waals surface area contributed by atoms with Gasteiger partial charge in [0.1, 0.15) is 11.6 Å². The predicted molar refractivity (Wildman–Crippen MR) is 101 cm³/mol. The molecule has 0 fully saturated rings. The van der Waals surface area contributed by atoms with Gasteiger partial charge in [0.05, 0.1) is 5.56 Å². The van der Waals surface area contributed by atoms with E-state index in [1.807, 2.05) is 0 Å². The summed E-state index contributed by atoms with van der Waals surface area (Å²) in [7, 11) is 0. The highest BCUT2D eigenvalue weighted by molar-refractivity contribution is 5.80. The highest BCUT2D eigenvalue weighted by Crippen LogP contribution is 2.31. The summed E-state index contributed by atoms with van der Waals surface area (Å²) in [6, 6.07) is 10.3. The van der Waals surface area contributed by atoms with Crippen molar-refractivity contribution < 1.29 is 32.6 Å². The Morgan fingerprint density at radius 3 is 1.86 bits per heavy atom. The fourth-order valence-electron chi connectivity index (χ4n) is 2.57. The Morgan fingerprint density at radius 1 is 0.966 bits per heavy atom. The van der Waals surface area contributed by atoms with Gasteiger partial charge in [0.15, 0.2) is 0 Å². The highest BCUT2D eigenvalue weighted by Gasteiger charge is 2.30. The molecule has 0 unspecified atom stereocenters. The van der Waals surface area contributed by atoms with E-state index in [0.29, 0.717) is 16.7 Å². The molecule has 2 rings (SSSR count). The number of halogens is 3. The zero-order valence-corrected chi connectivity index (χ0v) is 16.2. The van der Waals surface area contributed by atoms with Gasteiger partial charge in [-0.05, 0) is 49.6 Å². The SMILES string of the molecule is CC(C)(C)OC(=O)N[C@@H](Cc1ccc(-c2ccc(C(F)(F)F)cc2)cc1)C(=O)O. The minimum Gasteiger partial charge on any atom is -0.480 e. The van der Waals surface area contributed by atoms with Crippen LogP contribution in [0.5, 0.6) is 0 Å². The van der Waals surface area contributed by atoms with Crippen molar-refractivity contribution in [1.29, 1.82) is 0 Å². The van der Waals surface area contributed by atoms with Gasteiger partial charge in [-0.2, -0.15) is 13.2 Å². The van der Waals surface area contributed by atoms with E-state index in [2.05, 4.69) is 5.32 Å². The molecule has 8 heteroatoms. The molecule has 2 N–H and O–H groups in total. The summed E-state index contributed by atoms with van der Waals surface area (Å²) < 4.78 is 43.0. The zero-order valence-electron chi connectivity index (χ0n) is 16.2. The van der Waals surface area contributed by atoms with Gasteiger partial charge < -0.3 is 15.2 Å². The summed E-state index contributed by atoms with van der Waals surface area (Å²) in [4.78, 5) is 23.3. The molecule has 156 valence electrons. The van der Waals surface area contributed by atoms with Crippen LogP contribution in [-0.4, -0.2) is 28.8 Å². The summed E-state index contributed by atoms with van der Waals surface area (Å²) in [5.41, 5.74) is 0.455. The maximum absolute atomic E-state index is 12.7. The minimum absolute atomic E-state index is 0.0296. The van der Waals surface area contributed by atoms with Crippen molar-refractivity contribution >= 4 is 12.1 Å². The van der Waals surface area contributed by atoms with E-state index in [0.717, 1.165) is 12.1 Å². The number of carbonyl (C=O) groups is 2. The first-order valence-electron chi connectivity index (χ1n) is 8.84. The van der Waals surface area contributed by atoms with Crippen LogP contribution in [0, 0.1) is 0 Å². The Morgan fingerprint density at radius 2 is 1.45 bits per heavy atom. The fraction of sp³-hybridized carbons (Fsp3) is 0.333. The number of ether oxygens (including phenoxy) is 1. The molecule has 0 aliphatic heterocycles. The first kappa shape index (κ1) is 22.3. The maximum Gasteiger partial charge on any atom is 0.416 e. The molecule has 0 radical (unpaired) electrons. The number of alkyl halides is 3. The molecule has 0 heterocycles. The lowest BCUT2D eigenvalue weighted by molar-refractivity contribution is -0.139. The van der Waals surface area contributed by atoms with Crippen LogP contribution in [0.15, 0.2) is 48.5 Å². The maximum atomic E-state index is 12.7. The van der Waals surface area contributed by atoms with Gasteiger partial charge in [-0.1, -0.05) is 36.4 Å². The Hall–Kier alpha value is -3.03. The Labute approximate surface area is 166 Å². The number of amides is 1. The van der Waals surface area contributed by atoms with Crippen molar-refractivity contribution in [2.45, 2.75) is 45.0 Å². The third kappa shape index (κ3) is 6.81. The van der Waals surface area contributed by atoms with Crippen molar-refractivity contribution in [3.63, 3.8) is 0 Å². The van der Waals surface area contributed by atoms with Crippen LogP contribution in [0.1, 0.15) is 31.9 Å². The first-order chi connectivity index (χ1) is 13.3. The summed E-state index contributed by atoms with van der Waals surface area (Å²) in [5.74, 6) is -1.21. The lowest BCUT2D eigenvalue weighted by Gasteiger charge is -2.22. The molecule has 1 amide bonds. The lowest BCUT2D eigenvalue weighted by atomic mass is 10.00. The molecule has 2 aromatic rings. The van der Waals surface area contributed by atoms with Crippen LogP contribution in [0.2, 0.25) is 0 Å². The van der Waals surface area contributed by atoms with Gasteiger partial charge in [0, 0.05) is 6.42 Å². The number of rotatable bonds is 5. The second kappa shape index (κ2) is 8.55. The van der Waals surface area contributed by atoms with Crippen LogP contribution in [0.25, 0.3) is 11.1 Å². The van der Waals surface area contributed by atoms with E-state index in [1.165, 1.54) is 12.1 Å². The first-order valence-corrected chi connectivity index (χ1v) is 8.84. The summed E-state index contributed by atoms with van der Waals surface area (Å²) in [6.45, 7) is 5.01. The molecular formula is C21H22F3NO4. The number of carbonyl (C=O) groups excluding carboxylic acids is 1. The van der Waals surface area contributed by atoms with Crippen molar-refractivity contribution in [3.05, 3.63) is 59.7 Å². The number of carboxylic acids is 1. The van der Waals surface area contributed by atoms with E-state index in [4.69, 9.17) is 4.74 Å². The molecule has 0 aliphatic carbocycles. The van der Waals surface area contributed by atoms with Crippen molar-refractivity contribution in [2.75, 3.05) is 0 Å². The molecule has 0 bridgehead atoms. The Bertz CT molecular complexity index is 853. The van der Waals surface area contributed by atoms with Crippen molar-refractivity contribution in [3.8, 4) is 11.1 Å². The van der Waals surface area contributed by atoms with Crippen LogP contribution >= 0.6 is 0 Å². The Balaban J connectivity index is 2.08. The topological polar surface area (TPSA) is 75.6 Å². The van der Waals surface area contributed by atoms with E-state index in [1.54, 1.807) is 45.0 Å². The molecule has 1 atom stereocenters. The normalized spacial score (nSPS) is 12.9. The summed E-state index contributed by atoms with van der Waals surface area (Å²) in [5, 5.41) is 11.7. The third-order valence-corrected chi connectivity index (χ3v) is 3.93. The monoisotopic (exact) mass is 409 g/mol. The van der Waals surface area contributed by atoms with E-state index < -0.39 is 35.4 Å². The second-order valence-corrected chi connectivity index (χ2v) is 7.51.